The molecule has 178 valence electrons. The Balaban J connectivity index is 0.000000149. The molecule has 4 aromatic carbocycles. The summed E-state index contributed by atoms with van der Waals surface area (Å²) in [4.78, 5) is 19.4. The molecule has 8 heteroatoms. The number of nitro benzene ring substituents is 1. The highest BCUT2D eigenvalue weighted by molar-refractivity contribution is 7.22. The third-order valence-electron chi connectivity index (χ3n) is 5.59. The normalized spacial score (nSPS) is 10.8. The molecule has 2 N–H and O–H groups in total. The van der Waals surface area contributed by atoms with Crippen molar-refractivity contribution in [3.63, 3.8) is 0 Å². The van der Waals surface area contributed by atoms with Gasteiger partial charge in [-0.15, -0.1) is 22.7 Å². The minimum Gasteiger partial charge on any atom is -0.399 e. The highest BCUT2D eigenvalue weighted by atomic mass is 32.1. The Kier molecular flexibility index (Phi) is 6.45. The van der Waals surface area contributed by atoms with Crippen LogP contribution in [0.5, 0.6) is 0 Å². The summed E-state index contributed by atoms with van der Waals surface area (Å²) in [5.41, 5.74) is 12.9. The minimum atomic E-state index is -0.398. The average Bonchev–Trinajstić information content (AvgIpc) is 3.48. The van der Waals surface area contributed by atoms with Crippen molar-refractivity contribution in [2.75, 3.05) is 5.73 Å². The Morgan fingerprint density at radius 2 is 1.17 bits per heavy atom. The molecule has 0 unspecified atom stereocenters. The van der Waals surface area contributed by atoms with E-state index in [9.17, 15) is 10.1 Å². The lowest BCUT2D eigenvalue weighted by atomic mass is 10.2. The van der Waals surface area contributed by atoms with Gasteiger partial charge in [0.15, 0.2) is 0 Å². The SMILES string of the molecule is Cc1ccc(-c2nc3cc(N)ccc3s2)cc1.Cc1ccc(-c2nc3cc([N+](=O)[O-])ccc3s2)cc1. The van der Waals surface area contributed by atoms with Gasteiger partial charge in [-0.25, -0.2) is 9.97 Å². The molecule has 0 aliphatic carbocycles. The second-order valence-electron chi connectivity index (χ2n) is 8.41. The van der Waals surface area contributed by atoms with Crippen LogP contribution in [0.15, 0.2) is 84.9 Å². The molecule has 6 rings (SSSR count). The summed E-state index contributed by atoms with van der Waals surface area (Å²) in [5.74, 6) is 0. The van der Waals surface area contributed by atoms with E-state index in [0.717, 1.165) is 37.0 Å². The molecular formula is C28H22N4O2S2. The third kappa shape index (κ3) is 5.10. The van der Waals surface area contributed by atoms with Crippen LogP contribution in [0.1, 0.15) is 11.1 Å². The molecule has 36 heavy (non-hydrogen) atoms. The van der Waals surface area contributed by atoms with E-state index in [2.05, 4.69) is 41.2 Å². The number of nitro groups is 1. The van der Waals surface area contributed by atoms with Gasteiger partial charge in [0.05, 0.1) is 25.4 Å². The molecule has 0 fully saturated rings. The highest BCUT2D eigenvalue weighted by Gasteiger charge is 2.11. The Labute approximate surface area is 215 Å². The number of aryl methyl sites for hydroxylation is 2. The van der Waals surface area contributed by atoms with Gasteiger partial charge in [0.2, 0.25) is 0 Å². The first-order valence-corrected chi connectivity index (χ1v) is 12.8. The molecular weight excluding hydrogens is 488 g/mol. The van der Waals surface area contributed by atoms with Crippen LogP contribution >= 0.6 is 22.7 Å². The summed E-state index contributed by atoms with van der Waals surface area (Å²) >= 11 is 3.24. The second kappa shape index (κ2) is 9.85. The highest BCUT2D eigenvalue weighted by Crippen LogP contribution is 2.32. The molecule has 6 nitrogen and oxygen atoms in total. The van der Waals surface area contributed by atoms with Gasteiger partial charge >= 0.3 is 0 Å². The molecule has 0 radical (unpaired) electrons. The number of nitrogens with two attached hydrogens (primary N) is 1. The zero-order valence-electron chi connectivity index (χ0n) is 19.6. The molecule has 0 bridgehead atoms. The number of benzene rings is 4. The van der Waals surface area contributed by atoms with Gasteiger partial charge in [0, 0.05) is 28.9 Å². The maximum atomic E-state index is 10.7. The van der Waals surface area contributed by atoms with E-state index in [1.54, 1.807) is 28.7 Å². The van der Waals surface area contributed by atoms with Crippen LogP contribution in [-0.4, -0.2) is 14.9 Å². The number of hydrogen-bond acceptors (Lipinski definition) is 7. The van der Waals surface area contributed by atoms with Gasteiger partial charge in [-0.2, -0.15) is 0 Å². The quantitative estimate of drug-likeness (QED) is 0.148. The van der Waals surface area contributed by atoms with E-state index in [0.29, 0.717) is 5.52 Å². The molecule has 0 atom stereocenters. The van der Waals surface area contributed by atoms with Crippen molar-refractivity contribution in [2.45, 2.75) is 13.8 Å². The van der Waals surface area contributed by atoms with Crippen molar-refractivity contribution in [1.82, 2.24) is 9.97 Å². The summed E-state index contributed by atoms with van der Waals surface area (Å²) in [5, 5.41) is 12.7. The fourth-order valence-corrected chi connectivity index (χ4v) is 5.52. The Hall–Kier alpha value is -4.14. The maximum Gasteiger partial charge on any atom is 0.271 e. The van der Waals surface area contributed by atoms with Crippen molar-refractivity contribution in [3.8, 4) is 21.1 Å². The monoisotopic (exact) mass is 510 g/mol. The zero-order valence-corrected chi connectivity index (χ0v) is 21.3. The molecule has 2 aromatic heterocycles. The number of thiazole rings is 2. The largest absolute Gasteiger partial charge is 0.399 e. The minimum absolute atomic E-state index is 0.0771. The van der Waals surface area contributed by atoms with Gasteiger partial charge in [-0.1, -0.05) is 59.7 Å². The van der Waals surface area contributed by atoms with Crippen molar-refractivity contribution in [2.24, 2.45) is 0 Å². The number of nitrogens with zero attached hydrogens (tertiary/aromatic N) is 3. The number of anilines is 1. The number of rotatable bonds is 3. The molecule has 0 saturated carbocycles. The second-order valence-corrected chi connectivity index (χ2v) is 10.5. The molecule has 6 aromatic rings. The summed E-state index contributed by atoms with van der Waals surface area (Å²) in [6, 6.07) is 27.2. The van der Waals surface area contributed by atoms with E-state index in [-0.39, 0.29) is 5.69 Å². The summed E-state index contributed by atoms with van der Waals surface area (Å²) in [6.45, 7) is 4.12. The van der Waals surface area contributed by atoms with Gasteiger partial charge < -0.3 is 5.73 Å². The fourth-order valence-electron chi connectivity index (χ4n) is 3.61. The van der Waals surface area contributed by atoms with Crippen LogP contribution in [0.3, 0.4) is 0 Å². The predicted molar refractivity (Wildman–Crippen MR) is 151 cm³/mol. The maximum absolute atomic E-state index is 10.7. The molecule has 0 aliphatic rings. The molecule has 0 spiro atoms. The molecule has 0 amide bonds. The first-order chi connectivity index (χ1) is 17.4. The Bertz CT molecular complexity index is 1690. The molecule has 0 saturated heterocycles. The summed E-state index contributed by atoms with van der Waals surface area (Å²) < 4.78 is 2.14. The topological polar surface area (TPSA) is 94.9 Å². The van der Waals surface area contributed by atoms with Crippen molar-refractivity contribution in [3.05, 3.63) is 106 Å². The van der Waals surface area contributed by atoms with Gasteiger partial charge in [0.25, 0.3) is 5.69 Å². The lowest BCUT2D eigenvalue weighted by Crippen LogP contribution is -1.86. The predicted octanol–water partition coefficient (Wildman–Crippen LogP) is 8.03. The van der Waals surface area contributed by atoms with Gasteiger partial charge in [-0.05, 0) is 38.1 Å². The lowest BCUT2D eigenvalue weighted by molar-refractivity contribution is -0.384. The first kappa shape index (κ1) is 23.6. The van der Waals surface area contributed by atoms with E-state index in [1.165, 1.54) is 28.0 Å². The fraction of sp³-hybridized carbons (Fsp3) is 0.0714. The van der Waals surface area contributed by atoms with E-state index in [4.69, 9.17) is 5.73 Å². The molecule has 0 aliphatic heterocycles. The van der Waals surface area contributed by atoms with E-state index in [1.807, 2.05) is 49.4 Å². The summed E-state index contributed by atoms with van der Waals surface area (Å²) in [6.07, 6.45) is 0. The van der Waals surface area contributed by atoms with Crippen LogP contribution in [0, 0.1) is 24.0 Å². The van der Waals surface area contributed by atoms with Crippen LogP contribution in [0.4, 0.5) is 11.4 Å². The Morgan fingerprint density at radius 1 is 0.694 bits per heavy atom. The van der Waals surface area contributed by atoms with Gasteiger partial charge in [-0.3, -0.25) is 10.1 Å². The average molecular weight is 511 g/mol. The van der Waals surface area contributed by atoms with Crippen LogP contribution in [0.25, 0.3) is 41.6 Å². The zero-order chi connectivity index (χ0) is 25.2. The van der Waals surface area contributed by atoms with Crippen molar-refractivity contribution < 1.29 is 4.92 Å². The van der Waals surface area contributed by atoms with Crippen LogP contribution in [-0.2, 0) is 0 Å². The molecule has 2 heterocycles. The Morgan fingerprint density at radius 3 is 1.67 bits per heavy atom. The standard InChI is InChI=1S/C14H10N2O2S.C14H12N2S/c1-9-2-4-10(5-3-9)14-15-12-8-11(16(17)18)6-7-13(12)19-14;1-9-2-4-10(5-3-9)14-16-12-8-11(15)6-7-13(12)17-14/h2-8H,1H3;2-8H,15H2,1H3. The number of non-ortho nitro benzene ring substituents is 1. The summed E-state index contributed by atoms with van der Waals surface area (Å²) in [7, 11) is 0. The number of fused-ring (bicyclic) bond motifs is 2. The van der Waals surface area contributed by atoms with E-state index < -0.39 is 4.92 Å². The van der Waals surface area contributed by atoms with Crippen molar-refractivity contribution in [1.29, 1.82) is 0 Å². The van der Waals surface area contributed by atoms with Crippen LogP contribution in [0.2, 0.25) is 0 Å². The number of hydrogen-bond donors (Lipinski definition) is 1. The third-order valence-corrected chi connectivity index (χ3v) is 7.76. The van der Waals surface area contributed by atoms with Gasteiger partial charge in [0.1, 0.15) is 10.0 Å². The van der Waals surface area contributed by atoms with Crippen molar-refractivity contribution >= 4 is 54.5 Å². The lowest BCUT2D eigenvalue weighted by Gasteiger charge is -1.95. The first-order valence-electron chi connectivity index (χ1n) is 11.2. The van der Waals surface area contributed by atoms with E-state index >= 15 is 0 Å². The smallest absolute Gasteiger partial charge is 0.271 e. The number of nitrogen functional groups attached to an aromatic ring is 1. The number of aromatic nitrogens is 2. The van der Waals surface area contributed by atoms with Crippen LogP contribution < -0.4 is 5.73 Å².